The smallest absolute Gasteiger partial charge is 0.241 e. The Hall–Kier alpha value is -1.24. The zero-order chi connectivity index (χ0) is 18.4. The predicted molar refractivity (Wildman–Crippen MR) is 109 cm³/mol. The third-order valence-corrected chi connectivity index (χ3v) is 6.49. The molecule has 0 saturated carbocycles. The highest BCUT2D eigenvalue weighted by Crippen LogP contribution is 2.23. The number of benzene rings is 1. The number of hydrogen-bond acceptors (Lipinski definition) is 5. The third kappa shape index (κ3) is 4.93. The maximum atomic E-state index is 12.8. The molecular formula is C20H31N3O2S. The van der Waals surface area contributed by atoms with Crippen LogP contribution in [0.25, 0.3) is 0 Å². The van der Waals surface area contributed by atoms with Gasteiger partial charge in [-0.25, -0.2) is 0 Å². The predicted octanol–water partition coefficient (Wildman–Crippen LogP) is 2.93. The average molecular weight is 378 g/mol. The molecular weight excluding hydrogens is 346 g/mol. The van der Waals surface area contributed by atoms with E-state index in [-0.39, 0.29) is 11.9 Å². The Morgan fingerprint density at radius 2 is 1.85 bits per heavy atom. The van der Waals surface area contributed by atoms with Gasteiger partial charge in [0.1, 0.15) is 5.75 Å². The summed E-state index contributed by atoms with van der Waals surface area (Å²) in [5.74, 6) is 3.43. The van der Waals surface area contributed by atoms with E-state index in [1.165, 1.54) is 37.4 Å². The number of methoxy groups -OCH3 is 1. The monoisotopic (exact) mass is 377 g/mol. The summed E-state index contributed by atoms with van der Waals surface area (Å²) in [5.41, 5.74) is 0.829. The zero-order valence-electron chi connectivity index (χ0n) is 15.9. The Bertz CT molecular complexity index is 567. The number of rotatable bonds is 6. The Balaban J connectivity index is 1.52. The highest BCUT2D eigenvalue weighted by atomic mass is 32.2. The number of anilines is 1. The number of hydrogen-bond donors (Lipinski definition) is 1. The van der Waals surface area contributed by atoms with Crippen molar-refractivity contribution in [1.82, 2.24) is 9.80 Å². The second-order valence-corrected chi connectivity index (χ2v) is 8.28. The maximum Gasteiger partial charge on any atom is 0.241 e. The molecule has 6 heteroatoms. The number of piperidine rings is 1. The molecule has 2 saturated heterocycles. The molecule has 0 aliphatic carbocycles. The van der Waals surface area contributed by atoms with E-state index in [0.717, 1.165) is 30.9 Å². The van der Waals surface area contributed by atoms with Gasteiger partial charge in [-0.2, -0.15) is 11.8 Å². The highest BCUT2D eigenvalue weighted by molar-refractivity contribution is 7.99. The summed E-state index contributed by atoms with van der Waals surface area (Å²) in [5, 5.41) is 3.07. The minimum atomic E-state index is -0.0463. The minimum Gasteiger partial charge on any atom is -0.497 e. The van der Waals surface area contributed by atoms with Crippen LogP contribution in [0.4, 0.5) is 5.69 Å². The number of nitrogens with one attached hydrogen (secondary N) is 1. The topological polar surface area (TPSA) is 44.8 Å². The van der Waals surface area contributed by atoms with Gasteiger partial charge in [0.05, 0.1) is 13.2 Å². The van der Waals surface area contributed by atoms with Crippen LogP contribution in [-0.2, 0) is 4.79 Å². The zero-order valence-corrected chi connectivity index (χ0v) is 16.8. The van der Waals surface area contributed by atoms with Gasteiger partial charge in [-0.05, 0) is 43.5 Å². The van der Waals surface area contributed by atoms with Crippen LogP contribution >= 0.6 is 11.8 Å². The maximum absolute atomic E-state index is 12.8. The lowest BCUT2D eigenvalue weighted by Gasteiger charge is -2.42. The Labute approximate surface area is 161 Å². The van der Waals surface area contributed by atoms with E-state index >= 15 is 0 Å². The normalized spacial score (nSPS) is 21.3. The third-order valence-electron chi connectivity index (χ3n) is 5.55. The summed E-state index contributed by atoms with van der Waals surface area (Å²) < 4.78 is 5.17. The van der Waals surface area contributed by atoms with Crippen LogP contribution < -0.4 is 10.1 Å². The molecule has 5 nitrogen and oxygen atoms in total. The molecule has 26 heavy (non-hydrogen) atoms. The fourth-order valence-corrected chi connectivity index (χ4v) is 4.95. The van der Waals surface area contributed by atoms with Gasteiger partial charge in [0.2, 0.25) is 5.91 Å². The molecule has 1 aromatic carbocycles. The van der Waals surface area contributed by atoms with Gasteiger partial charge < -0.3 is 10.1 Å². The van der Waals surface area contributed by atoms with E-state index in [1.54, 1.807) is 7.11 Å². The van der Waals surface area contributed by atoms with Gasteiger partial charge in [0.25, 0.3) is 0 Å². The average Bonchev–Trinajstić information content (AvgIpc) is 2.70. The number of thioether (sulfide) groups is 1. The molecule has 2 heterocycles. The van der Waals surface area contributed by atoms with E-state index in [1.807, 2.05) is 24.3 Å². The van der Waals surface area contributed by atoms with E-state index in [2.05, 4.69) is 33.8 Å². The van der Waals surface area contributed by atoms with Gasteiger partial charge in [0.15, 0.2) is 0 Å². The van der Waals surface area contributed by atoms with Crippen LogP contribution in [0.1, 0.15) is 26.2 Å². The lowest BCUT2D eigenvalue weighted by molar-refractivity contribution is -0.122. The second kappa shape index (κ2) is 9.62. The fourth-order valence-electron chi connectivity index (χ4n) is 4.01. The lowest BCUT2D eigenvalue weighted by atomic mass is 10.00. The van der Waals surface area contributed by atoms with E-state index in [9.17, 15) is 4.79 Å². The standard InChI is InChI=1S/C20H31N3O2S/c1-3-19(20(24)21-16-4-6-18(25-2)7-5-16)23-10-8-17(9-11-23)22-12-14-26-15-13-22/h4-7,17,19H,3,8-15H2,1-2H3,(H,21,24). The Morgan fingerprint density at radius 3 is 2.42 bits per heavy atom. The second-order valence-electron chi connectivity index (χ2n) is 7.06. The van der Waals surface area contributed by atoms with Crippen molar-refractivity contribution in [3.8, 4) is 5.75 Å². The minimum absolute atomic E-state index is 0.0463. The number of ether oxygens (including phenoxy) is 1. The summed E-state index contributed by atoms with van der Waals surface area (Å²) >= 11 is 2.07. The molecule has 0 aromatic heterocycles. The van der Waals surface area contributed by atoms with Crippen molar-refractivity contribution >= 4 is 23.4 Å². The van der Waals surface area contributed by atoms with Gasteiger partial charge >= 0.3 is 0 Å². The van der Waals surface area contributed by atoms with Crippen molar-refractivity contribution in [2.75, 3.05) is 50.1 Å². The number of carbonyl (C=O) groups is 1. The number of carbonyl (C=O) groups excluding carboxylic acids is 1. The molecule has 1 N–H and O–H groups in total. The molecule has 1 atom stereocenters. The first-order valence-corrected chi connectivity index (χ1v) is 10.9. The van der Waals surface area contributed by atoms with Crippen LogP contribution in [0.5, 0.6) is 5.75 Å². The molecule has 2 aliphatic heterocycles. The van der Waals surface area contributed by atoms with Crippen molar-refractivity contribution in [3.63, 3.8) is 0 Å². The summed E-state index contributed by atoms with van der Waals surface area (Å²) in [6, 6.07) is 8.19. The first kappa shape index (κ1) is 19.5. The Kier molecular flexibility index (Phi) is 7.23. The number of nitrogens with zero attached hydrogens (tertiary/aromatic N) is 2. The molecule has 1 aromatic rings. The molecule has 0 spiro atoms. The van der Waals surface area contributed by atoms with E-state index < -0.39 is 0 Å². The lowest BCUT2D eigenvalue weighted by Crippen LogP contribution is -2.52. The summed E-state index contributed by atoms with van der Waals surface area (Å²) in [7, 11) is 1.65. The number of amides is 1. The Morgan fingerprint density at radius 1 is 1.19 bits per heavy atom. The highest BCUT2D eigenvalue weighted by Gasteiger charge is 2.31. The molecule has 144 valence electrons. The molecule has 3 rings (SSSR count). The molecule has 0 radical (unpaired) electrons. The first-order valence-electron chi connectivity index (χ1n) is 9.72. The SMILES string of the molecule is CCC(C(=O)Nc1ccc(OC)cc1)N1CCC(N2CCSCC2)CC1. The van der Waals surface area contributed by atoms with Crippen molar-refractivity contribution in [2.45, 2.75) is 38.3 Å². The van der Waals surface area contributed by atoms with Crippen molar-refractivity contribution in [1.29, 1.82) is 0 Å². The van der Waals surface area contributed by atoms with E-state index in [0.29, 0.717) is 6.04 Å². The molecule has 2 aliphatic rings. The van der Waals surface area contributed by atoms with Crippen LogP contribution in [0, 0.1) is 0 Å². The molecule has 1 amide bonds. The summed E-state index contributed by atoms with van der Waals surface area (Å²) in [6.45, 7) is 6.59. The largest absolute Gasteiger partial charge is 0.497 e. The van der Waals surface area contributed by atoms with Gasteiger partial charge in [-0.15, -0.1) is 0 Å². The van der Waals surface area contributed by atoms with Crippen LogP contribution in [0.15, 0.2) is 24.3 Å². The van der Waals surface area contributed by atoms with Gasteiger partial charge in [0, 0.05) is 49.4 Å². The fraction of sp³-hybridized carbons (Fsp3) is 0.650. The van der Waals surface area contributed by atoms with Crippen LogP contribution in [-0.4, -0.2) is 72.6 Å². The van der Waals surface area contributed by atoms with Crippen LogP contribution in [0.3, 0.4) is 0 Å². The summed E-state index contributed by atoms with van der Waals surface area (Å²) in [6.07, 6.45) is 3.20. The quantitative estimate of drug-likeness (QED) is 0.826. The van der Waals surface area contributed by atoms with E-state index in [4.69, 9.17) is 4.74 Å². The van der Waals surface area contributed by atoms with Gasteiger partial charge in [-0.3, -0.25) is 14.6 Å². The molecule has 1 unspecified atom stereocenters. The van der Waals surface area contributed by atoms with Gasteiger partial charge in [-0.1, -0.05) is 6.92 Å². The van der Waals surface area contributed by atoms with Crippen molar-refractivity contribution in [2.24, 2.45) is 0 Å². The first-order chi connectivity index (χ1) is 12.7. The number of likely N-dealkylation sites (tertiary alicyclic amines) is 1. The molecule has 0 bridgehead atoms. The van der Waals surface area contributed by atoms with Crippen molar-refractivity contribution in [3.05, 3.63) is 24.3 Å². The van der Waals surface area contributed by atoms with Crippen LogP contribution in [0.2, 0.25) is 0 Å². The summed E-state index contributed by atoms with van der Waals surface area (Å²) in [4.78, 5) is 17.8. The van der Waals surface area contributed by atoms with Crippen molar-refractivity contribution < 1.29 is 9.53 Å². The molecule has 2 fully saturated rings.